The van der Waals surface area contributed by atoms with Crippen LogP contribution in [0.4, 0.5) is 0 Å². The molecule has 2 atom stereocenters. The fraction of sp³-hybridized carbons (Fsp3) is 0.429. The lowest BCUT2D eigenvalue weighted by Crippen LogP contribution is -2.22. The summed E-state index contributed by atoms with van der Waals surface area (Å²) in [5.41, 5.74) is 0.993. The second kappa shape index (κ2) is 6.91. The molecule has 1 aromatic rings. The highest BCUT2D eigenvalue weighted by Crippen LogP contribution is 2.24. The molecular formula is C14H18O4. The molecule has 0 saturated carbocycles. The quantitative estimate of drug-likeness (QED) is 0.755. The van der Waals surface area contributed by atoms with Gasteiger partial charge in [0, 0.05) is 7.11 Å². The molecule has 0 aliphatic heterocycles. The standard InChI is InChI=1S/C14H18O4/c1-10(15)12(14(16)17)8-9-13(18-2)11-6-4-3-5-7-11/h3-7,12-13H,8-9H2,1-2H3,(H,16,17). The first-order valence-electron chi connectivity index (χ1n) is 5.87. The zero-order valence-electron chi connectivity index (χ0n) is 10.6. The lowest BCUT2D eigenvalue weighted by Gasteiger charge is -2.17. The molecule has 0 aliphatic carbocycles. The number of benzene rings is 1. The first-order valence-corrected chi connectivity index (χ1v) is 5.87. The molecule has 0 amide bonds. The van der Waals surface area contributed by atoms with E-state index in [4.69, 9.17) is 9.84 Å². The Balaban J connectivity index is 2.65. The number of methoxy groups -OCH3 is 1. The number of carbonyl (C=O) groups excluding carboxylic acids is 1. The molecule has 0 bridgehead atoms. The van der Waals surface area contributed by atoms with Gasteiger partial charge in [0.2, 0.25) is 0 Å². The molecule has 98 valence electrons. The summed E-state index contributed by atoms with van der Waals surface area (Å²) in [5, 5.41) is 8.94. The Hall–Kier alpha value is -1.68. The maximum atomic E-state index is 11.2. The highest BCUT2D eigenvalue weighted by atomic mass is 16.5. The minimum absolute atomic E-state index is 0.174. The predicted molar refractivity (Wildman–Crippen MR) is 67.2 cm³/mol. The Morgan fingerprint density at radius 3 is 2.28 bits per heavy atom. The van der Waals surface area contributed by atoms with Crippen molar-refractivity contribution in [1.29, 1.82) is 0 Å². The fourth-order valence-corrected chi connectivity index (χ4v) is 1.91. The van der Waals surface area contributed by atoms with Gasteiger partial charge < -0.3 is 9.84 Å². The molecule has 1 rings (SSSR count). The van der Waals surface area contributed by atoms with E-state index in [1.54, 1.807) is 7.11 Å². The van der Waals surface area contributed by atoms with Crippen LogP contribution in [0.25, 0.3) is 0 Å². The van der Waals surface area contributed by atoms with Crippen LogP contribution in [0.3, 0.4) is 0 Å². The van der Waals surface area contributed by atoms with Crippen molar-refractivity contribution in [3.8, 4) is 0 Å². The maximum Gasteiger partial charge on any atom is 0.314 e. The lowest BCUT2D eigenvalue weighted by molar-refractivity contribution is -0.146. The normalized spacial score (nSPS) is 13.9. The summed E-state index contributed by atoms with van der Waals surface area (Å²) in [7, 11) is 1.58. The average Bonchev–Trinajstić information content (AvgIpc) is 2.34. The Labute approximate surface area is 107 Å². The maximum absolute atomic E-state index is 11.2. The number of rotatable bonds is 7. The van der Waals surface area contributed by atoms with Gasteiger partial charge in [-0.05, 0) is 25.3 Å². The Kier molecular flexibility index (Phi) is 5.52. The van der Waals surface area contributed by atoms with E-state index < -0.39 is 11.9 Å². The predicted octanol–water partition coefficient (Wildman–Crippen LogP) is 2.44. The largest absolute Gasteiger partial charge is 0.481 e. The van der Waals surface area contributed by atoms with Gasteiger partial charge in [-0.15, -0.1) is 0 Å². The number of carboxylic acid groups (broad SMARTS) is 1. The van der Waals surface area contributed by atoms with Gasteiger partial charge >= 0.3 is 5.97 Å². The number of hydrogen-bond acceptors (Lipinski definition) is 3. The van der Waals surface area contributed by atoms with E-state index in [1.807, 2.05) is 30.3 Å². The average molecular weight is 250 g/mol. The van der Waals surface area contributed by atoms with Crippen molar-refractivity contribution in [3.05, 3.63) is 35.9 Å². The Morgan fingerprint density at radius 2 is 1.83 bits per heavy atom. The van der Waals surface area contributed by atoms with E-state index in [0.29, 0.717) is 6.42 Å². The van der Waals surface area contributed by atoms with Crippen molar-refractivity contribution >= 4 is 11.8 Å². The molecule has 0 fully saturated rings. The molecule has 4 nitrogen and oxygen atoms in total. The van der Waals surface area contributed by atoms with Crippen molar-refractivity contribution in [2.24, 2.45) is 5.92 Å². The summed E-state index contributed by atoms with van der Waals surface area (Å²) in [6, 6.07) is 9.57. The number of ketones is 1. The van der Waals surface area contributed by atoms with Crippen LogP contribution in [-0.4, -0.2) is 24.0 Å². The van der Waals surface area contributed by atoms with Crippen molar-refractivity contribution in [2.75, 3.05) is 7.11 Å². The summed E-state index contributed by atoms with van der Waals surface area (Å²) in [6.45, 7) is 1.31. The molecule has 18 heavy (non-hydrogen) atoms. The first-order chi connectivity index (χ1) is 8.56. The molecule has 0 saturated heterocycles. The number of carboxylic acids is 1. The van der Waals surface area contributed by atoms with Gasteiger partial charge in [0.1, 0.15) is 11.7 Å². The minimum Gasteiger partial charge on any atom is -0.481 e. The number of Topliss-reactive ketones (excluding diaryl/α,β-unsaturated/α-hetero) is 1. The molecular weight excluding hydrogens is 232 g/mol. The highest BCUT2D eigenvalue weighted by molar-refractivity contribution is 5.96. The van der Waals surface area contributed by atoms with Crippen LogP contribution in [0.2, 0.25) is 0 Å². The zero-order valence-corrected chi connectivity index (χ0v) is 10.6. The molecule has 2 unspecified atom stereocenters. The van der Waals surface area contributed by atoms with Crippen LogP contribution >= 0.6 is 0 Å². The Bertz CT molecular complexity index is 386. The molecule has 0 heterocycles. The van der Waals surface area contributed by atoms with E-state index in [1.165, 1.54) is 6.92 Å². The summed E-state index contributed by atoms with van der Waals surface area (Å²) in [5.74, 6) is -2.32. The number of carbonyl (C=O) groups is 2. The van der Waals surface area contributed by atoms with Gasteiger partial charge in [-0.3, -0.25) is 9.59 Å². The van der Waals surface area contributed by atoms with Crippen LogP contribution in [0.15, 0.2) is 30.3 Å². The molecule has 1 aromatic carbocycles. The van der Waals surface area contributed by atoms with E-state index in [-0.39, 0.29) is 18.3 Å². The van der Waals surface area contributed by atoms with Gasteiger partial charge in [0.25, 0.3) is 0 Å². The number of aliphatic carboxylic acids is 1. The zero-order chi connectivity index (χ0) is 13.5. The summed E-state index contributed by atoms with van der Waals surface area (Å²) in [6.07, 6.45) is 0.627. The smallest absolute Gasteiger partial charge is 0.314 e. The molecule has 0 aromatic heterocycles. The molecule has 1 N–H and O–H groups in total. The van der Waals surface area contributed by atoms with Crippen molar-refractivity contribution in [2.45, 2.75) is 25.9 Å². The second-order valence-electron chi connectivity index (χ2n) is 4.21. The lowest BCUT2D eigenvalue weighted by atomic mass is 9.95. The molecule has 0 aliphatic rings. The van der Waals surface area contributed by atoms with Crippen LogP contribution < -0.4 is 0 Å². The highest BCUT2D eigenvalue weighted by Gasteiger charge is 2.24. The van der Waals surface area contributed by atoms with Crippen LogP contribution in [0.1, 0.15) is 31.4 Å². The van der Waals surface area contributed by atoms with Crippen LogP contribution in [-0.2, 0) is 14.3 Å². The van der Waals surface area contributed by atoms with Crippen molar-refractivity contribution < 1.29 is 19.4 Å². The minimum atomic E-state index is -1.06. The SMILES string of the molecule is COC(CCC(C(C)=O)C(=O)O)c1ccccc1. The summed E-state index contributed by atoms with van der Waals surface area (Å²) < 4.78 is 5.34. The first kappa shape index (κ1) is 14.4. The van der Waals surface area contributed by atoms with E-state index in [9.17, 15) is 9.59 Å². The van der Waals surface area contributed by atoms with E-state index in [0.717, 1.165) is 5.56 Å². The van der Waals surface area contributed by atoms with Gasteiger partial charge in [0.05, 0.1) is 6.10 Å². The topological polar surface area (TPSA) is 63.6 Å². The molecule has 0 spiro atoms. The third kappa shape index (κ3) is 3.96. The third-order valence-corrected chi connectivity index (χ3v) is 2.96. The van der Waals surface area contributed by atoms with Crippen molar-refractivity contribution in [1.82, 2.24) is 0 Å². The Morgan fingerprint density at radius 1 is 1.22 bits per heavy atom. The van der Waals surface area contributed by atoms with Crippen molar-refractivity contribution in [3.63, 3.8) is 0 Å². The van der Waals surface area contributed by atoms with Crippen LogP contribution in [0.5, 0.6) is 0 Å². The molecule has 4 heteroatoms. The number of ether oxygens (including phenoxy) is 1. The van der Waals surface area contributed by atoms with Gasteiger partial charge in [0.15, 0.2) is 0 Å². The van der Waals surface area contributed by atoms with E-state index >= 15 is 0 Å². The second-order valence-corrected chi connectivity index (χ2v) is 4.21. The van der Waals surface area contributed by atoms with Gasteiger partial charge in [-0.1, -0.05) is 30.3 Å². The summed E-state index contributed by atoms with van der Waals surface area (Å²) in [4.78, 5) is 22.1. The summed E-state index contributed by atoms with van der Waals surface area (Å²) >= 11 is 0. The molecule has 0 radical (unpaired) electrons. The van der Waals surface area contributed by atoms with Gasteiger partial charge in [-0.25, -0.2) is 0 Å². The number of hydrogen-bond donors (Lipinski definition) is 1. The fourth-order valence-electron chi connectivity index (χ4n) is 1.91. The van der Waals surface area contributed by atoms with E-state index in [2.05, 4.69) is 0 Å². The van der Waals surface area contributed by atoms with Gasteiger partial charge in [-0.2, -0.15) is 0 Å². The monoisotopic (exact) mass is 250 g/mol. The third-order valence-electron chi connectivity index (χ3n) is 2.96. The van der Waals surface area contributed by atoms with Crippen LogP contribution in [0, 0.1) is 5.92 Å².